The van der Waals surface area contributed by atoms with E-state index in [1.807, 2.05) is 0 Å². The summed E-state index contributed by atoms with van der Waals surface area (Å²) in [7, 11) is 0. The monoisotopic (exact) mass is 412 g/mol. The van der Waals surface area contributed by atoms with E-state index in [0.717, 1.165) is 32.1 Å². The van der Waals surface area contributed by atoms with Crippen LogP contribution in [0.5, 0.6) is 0 Å². The minimum absolute atomic E-state index is 0.425. The lowest BCUT2D eigenvalue weighted by Crippen LogP contribution is -2.43. The molecule has 0 aromatic carbocycles. The van der Waals surface area contributed by atoms with Gasteiger partial charge in [0, 0.05) is 11.5 Å². The molecule has 1 atom stereocenters. The van der Waals surface area contributed by atoms with E-state index in [-0.39, 0.29) is 0 Å². The summed E-state index contributed by atoms with van der Waals surface area (Å²) in [6.07, 6.45) is 13.3. The van der Waals surface area contributed by atoms with Crippen molar-refractivity contribution in [3.63, 3.8) is 0 Å². The third kappa shape index (κ3) is 19.2. The van der Waals surface area contributed by atoms with E-state index in [2.05, 4.69) is 15.3 Å². The Labute approximate surface area is 175 Å². The summed E-state index contributed by atoms with van der Waals surface area (Å²) in [6.45, 7) is 5.85. The summed E-state index contributed by atoms with van der Waals surface area (Å²) in [5.74, 6) is -1.02. The highest BCUT2D eigenvalue weighted by Gasteiger charge is 2.23. The van der Waals surface area contributed by atoms with Gasteiger partial charge in [-0.25, -0.2) is 9.59 Å². The summed E-state index contributed by atoms with van der Waals surface area (Å²) >= 11 is 0. The maximum Gasteiger partial charge on any atom is 0.408 e. The third-order valence-electron chi connectivity index (χ3n) is 4.55. The van der Waals surface area contributed by atoms with E-state index in [1.54, 1.807) is 20.8 Å². The summed E-state index contributed by atoms with van der Waals surface area (Å²) in [5.41, 5.74) is 7.55. The van der Waals surface area contributed by atoms with Crippen molar-refractivity contribution in [2.75, 3.05) is 6.54 Å². The van der Waals surface area contributed by atoms with Gasteiger partial charge in [-0.15, -0.1) is 0 Å². The maximum atomic E-state index is 11.7. The highest BCUT2D eigenvalue weighted by atomic mass is 16.6. The second-order valence-corrected chi connectivity index (χ2v) is 8.52. The van der Waals surface area contributed by atoms with Crippen molar-refractivity contribution < 1.29 is 19.4 Å². The SMILES string of the molecule is CC(C)(C)OC(=O)N[C@@H](CCCCCCCCCCCCCCN=[N+]=[N-])C(=O)O. The van der Waals surface area contributed by atoms with Crippen LogP contribution in [0.2, 0.25) is 0 Å². The van der Waals surface area contributed by atoms with Gasteiger partial charge in [-0.3, -0.25) is 0 Å². The molecule has 29 heavy (non-hydrogen) atoms. The van der Waals surface area contributed by atoms with Crippen LogP contribution in [0.1, 0.15) is 104 Å². The summed E-state index contributed by atoms with van der Waals surface area (Å²) in [4.78, 5) is 25.8. The van der Waals surface area contributed by atoms with E-state index in [1.165, 1.54) is 44.9 Å². The number of amides is 1. The Morgan fingerprint density at radius 2 is 1.38 bits per heavy atom. The number of unbranched alkanes of at least 4 members (excludes halogenated alkanes) is 11. The van der Waals surface area contributed by atoms with Crippen LogP contribution in [0.3, 0.4) is 0 Å². The first kappa shape index (κ1) is 27.0. The maximum absolute atomic E-state index is 11.7. The molecule has 0 aliphatic rings. The number of carbonyl (C=O) groups excluding carboxylic acids is 1. The van der Waals surface area contributed by atoms with Crippen molar-refractivity contribution in [3.8, 4) is 0 Å². The molecule has 2 N–H and O–H groups in total. The molecule has 0 heterocycles. The van der Waals surface area contributed by atoms with Crippen molar-refractivity contribution in [1.82, 2.24) is 5.32 Å². The molecule has 0 unspecified atom stereocenters. The molecule has 1 amide bonds. The first-order valence-corrected chi connectivity index (χ1v) is 11.0. The van der Waals surface area contributed by atoms with Crippen molar-refractivity contribution in [2.24, 2.45) is 5.11 Å². The van der Waals surface area contributed by atoms with E-state index >= 15 is 0 Å². The number of carboxylic acid groups (broad SMARTS) is 1. The predicted molar refractivity (Wildman–Crippen MR) is 115 cm³/mol. The smallest absolute Gasteiger partial charge is 0.408 e. The van der Waals surface area contributed by atoms with Gasteiger partial charge in [-0.1, -0.05) is 75.7 Å². The minimum atomic E-state index is -1.02. The van der Waals surface area contributed by atoms with Crippen LogP contribution in [-0.4, -0.2) is 35.4 Å². The molecule has 0 bridgehead atoms. The van der Waals surface area contributed by atoms with E-state index < -0.39 is 23.7 Å². The number of rotatable bonds is 17. The number of carbonyl (C=O) groups is 2. The predicted octanol–water partition coefficient (Wildman–Crippen LogP) is 6.35. The molecule has 0 rings (SSSR count). The second-order valence-electron chi connectivity index (χ2n) is 8.52. The highest BCUT2D eigenvalue weighted by molar-refractivity contribution is 5.79. The number of hydrogen-bond donors (Lipinski definition) is 2. The molecule has 168 valence electrons. The van der Waals surface area contributed by atoms with Crippen LogP contribution in [0.15, 0.2) is 5.11 Å². The third-order valence-corrected chi connectivity index (χ3v) is 4.55. The van der Waals surface area contributed by atoms with Gasteiger partial charge in [-0.2, -0.15) is 0 Å². The normalized spacial score (nSPS) is 12.1. The number of hydrogen-bond acceptors (Lipinski definition) is 4. The van der Waals surface area contributed by atoms with E-state index in [4.69, 9.17) is 10.3 Å². The topological polar surface area (TPSA) is 124 Å². The number of carboxylic acids is 1. The fraction of sp³-hybridized carbons (Fsp3) is 0.905. The van der Waals surface area contributed by atoms with Crippen molar-refractivity contribution in [1.29, 1.82) is 0 Å². The van der Waals surface area contributed by atoms with Crippen LogP contribution >= 0.6 is 0 Å². The molecule has 0 aliphatic carbocycles. The Bertz CT molecular complexity index is 499. The van der Waals surface area contributed by atoms with Gasteiger partial charge in [-0.05, 0) is 39.1 Å². The van der Waals surface area contributed by atoms with Gasteiger partial charge >= 0.3 is 12.1 Å². The Morgan fingerprint density at radius 3 is 1.79 bits per heavy atom. The van der Waals surface area contributed by atoms with Gasteiger partial charge in [0.25, 0.3) is 0 Å². The zero-order chi connectivity index (χ0) is 22.0. The van der Waals surface area contributed by atoms with Crippen LogP contribution in [-0.2, 0) is 9.53 Å². The average Bonchev–Trinajstić information content (AvgIpc) is 2.62. The lowest BCUT2D eigenvalue weighted by atomic mass is 10.0. The van der Waals surface area contributed by atoms with Gasteiger partial charge in [0.15, 0.2) is 0 Å². The molecule has 0 saturated heterocycles. The molecule has 0 radical (unpaired) electrons. The summed E-state index contributed by atoms with van der Waals surface area (Å²) in [5, 5.41) is 15.2. The molecule has 0 aromatic rings. The molecule has 8 heteroatoms. The Kier molecular flexibility index (Phi) is 15.8. The Balaban J connectivity index is 3.58. The average molecular weight is 413 g/mol. The Hall–Kier alpha value is -1.95. The highest BCUT2D eigenvalue weighted by Crippen LogP contribution is 2.14. The fourth-order valence-corrected chi connectivity index (χ4v) is 3.05. The number of ether oxygens (including phenoxy) is 1. The fourth-order valence-electron chi connectivity index (χ4n) is 3.05. The largest absolute Gasteiger partial charge is 0.480 e. The minimum Gasteiger partial charge on any atom is -0.480 e. The number of nitrogens with zero attached hydrogens (tertiary/aromatic N) is 3. The molecule has 8 nitrogen and oxygen atoms in total. The van der Waals surface area contributed by atoms with Crippen LogP contribution in [0.25, 0.3) is 10.4 Å². The molecule has 0 spiro atoms. The van der Waals surface area contributed by atoms with Gasteiger partial charge in [0.1, 0.15) is 11.6 Å². The van der Waals surface area contributed by atoms with Crippen LogP contribution in [0, 0.1) is 0 Å². The first-order valence-electron chi connectivity index (χ1n) is 11.0. The number of alkyl carbamates (subject to hydrolysis) is 1. The van der Waals surface area contributed by atoms with E-state index in [9.17, 15) is 14.7 Å². The molecular formula is C21H40N4O4. The molecule has 0 aromatic heterocycles. The van der Waals surface area contributed by atoms with E-state index in [0.29, 0.717) is 13.0 Å². The van der Waals surface area contributed by atoms with Crippen molar-refractivity contribution in [3.05, 3.63) is 10.4 Å². The quantitative estimate of drug-likeness (QED) is 0.125. The number of aliphatic carboxylic acids is 1. The van der Waals surface area contributed by atoms with Gasteiger partial charge in [0.05, 0.1) is 0 Å². The van der Waals surface area contributed by atoms with Crippen molar-refractivity contribution in [2.45, 2.75) is 116 Å². The zero-order valence-corrected chi connectivity index (χ0v) is 18.5. The Morgan fingerprint density at radius 1 is 0.931 bits per heavy atom. The summed E-state index contributed by atoms with van der Waals surface area (Å²) in [6, 6.07) is -0.892. The first-order chi connectivity index (χ1) is 13.8. The lowest BCUT2D eigenvalue weighted by Gasteiger charge is -2.22. The van der Waals surface area contributed by atoms with Gasteiger partial charge in [0.2, 0.25) is 0 Å². The lowest BCUT2D eigenvalue weighted by molar-refractivity contribution is -0.139. The van der Waals surface area contributed by atoms with Crippen molar-refractivity contribution >= 4 is 12.1 Å². The molecule has 0 fully saturated rings. The van der Waals surface area contributed by atoms with Crippen LogP contribution in [0.4, 0.5) is 4.79 Å². The summed E-state index contributed by atoms with van der Waals surface area (Å²) < 4.78 is 5.12. The standard InChI is InChI=1S/C21H40N4O4/c1-21(2,3)29-20(28)24-18(19(26)27)16-14-12-10-8-6-4-5-7-9-11-13-15-17-23-25-22/h18H,4-17H2,1-3H3,(H,24,28)(H,26,27)/t18-/m0/s1. The number of nitrogens with one attached hydrogen (secondary N) is 1. The second kappa shape index (κ2) is 17.0. The van der Waals surface area contributed by atoms with Crippen LogP contribution < -0.4 is 5.32 Å². The zero-order valence-electron chi connectivity index (χ0n) is 18.5. The molecule has 0 aliphatic heterocycles. The molecule has 0 saturated carbocycles. The molecular weight excluding hydrogens is 372 g/mol. The van der Waals surface area contributed by atoms with Gasteiger partial charge < -0.3 is 15.2 Å². The number of azide groups is 1.